The monoisotopic (exact) mass is 343 g/mol. The van der Waals surface area contributed by atoms with Crippen molar-refractivity contribution < 1.29 is 13.9 Å². The van der Waals surface area contributed by atoms with Gasteiger partial charge >= 0.3 is 5.97 Å². The van der Waals surface area contributed by atoms with E-state index >= 15 is 0 Å². The van der Waals surface area contributed by atoms with E-state index in [0.717, 1.165) is 11.1 Å². The summed E-state index contributed by atoms with van der Waals surface area (Å²) in [7, 11) is 0. The van der Waals surface area contributed by atoms with E-state index in [1.807, 2.05) is 51.1 Å². The third-order valence-electron chi connectivity index (χ3n) is 4.01. The Hall–Kier alpha value is -2.20. The molecule has 134 valence electrons. The number of benzene rings is 2. The largest absolute Gasteiger partial charge is 0.458 e. The SMILES string of the molecule is CCC(NCc1ccccc1)C(=O)OC(C)(C)Cc1ccc(F)cc1. The van der Waals surface area contributed by atoms with Gasteiger partial charge in [-0.25, -0.2) is 4.39 Å². The Morgan fingerprint density at radius 1 is 1.08 bits per heavy atom. The van der Waals surface area contributed by atoms with Gasteiger partial charge < -0.3 is 10.1 Å². The van der Waals surface area contributed by atoms with E-state index in [4.69, 9.17) is 4.74 Å². The Bertz CT molecular complexity index is 668. The molecule has 2 aromatic carbocycles. The van der Waals surface area contributed by atoms with Crippen LogP contribution in [0.15, 0.2) is 54.6 Å². The highest BCUT2D eigenvalue weighted by Crippen LogP contribution is 2.19. The minimum Gasteiger partial charge on any atom is -0.458 e. The maximum absolute atomic E-state index is 13.0. The topological polar surface area (TPSA) is 38.3 Å². The second kappa shape index (κ2) is 8.77. The average molecular weight is 343 g/mol. The molecule has 2 aromatic rings. The molecule has 0 aliphatic carbocycles. The molecule has 1 atom stereocenters. The molecule has 1 N–H and O–H groups in total. The first-order chi connectivity index (χ1) is 11.9. The summed E-state index contributed by atoms with van der Waals surface area (Å²) in [6, 6.07) is 15.9. The first-order valence-corrected chi connectivity index (χ1v) is 8.64. The summed E-state index contributed by atoms with van der Waals surface area (Å²) >= 11 is 0. The molecule has 0 saturated heterocycles. The predicted molar refractivity (Wildman–Crippen MR) is 97.6 cm³/mol. The quantitative estimate of drug-likeness (QED) is 0.728. The molecule has 0 amide bonds. The second-order valence-electron chi connectivity index (χ2n) is 6.81. The van der Waals surface area contributed by atoms with E-state index in [-0.39, 0.29) is 17.8 Å². The van der Waals surface area contributed by atoms with Gasteiger partial charge in [0.15, 0.2) is 0 Å². The molecule has 3 nitrogen and oxygen atoms in total. The van der Waals surface area contributed by atoms with Crippen molar-refractivity contribution in [1.29, 1.82) is 0 Å². The van der Waals surface area contributed by atoms with Crippen LogP contribution in [0.5, 0.6) is 0 Å². The lowest BCUT2D eigenvalue weighted by atomic mass is 9.98. The molecular formula is C21H26FNO2. The van der Waals surface area contributed by atoms with Gasteiger partial charge in [-0.05, 0) is 43.5 Å². The summed E-state index contributed by atoms with van der Waals surface area (Å²) in [5.74, 6) is -0.528. The minimum absolute atomic E-state index is 0.259. The second-order valence-corrected chi connectivity index (χ2v) is 6.81. The maximum Gasteiger partial charge on any atom is 0.323 e. The molecule has 0 radical (unpaired) electrons. The summed E-state index contributed by atoms with van der Waals surface area (Å²) in [6.45, 7) is 6.32. The maximum atomic E-state index is 13.0. The van der Waals surface area contributed by atoms with Crippen LogP contribution in [0.4, 0.5) is 4.39 Å². The van der Waals surface area contributed by atoms with Crippen LogP contribution < -0.4 is 5.32 Å². The molecule has 0 aliphatic heterocycles. The molecular weight excluding hydrogens is 317 g/mol. The van der Waals surface area contributed by atoms with Gasteiger partial charge in [-0.15, -0.1) is 0 Å². The fourth-order valence-corrected chi connectivity index (χ4v) is 2.70. The van der Waals surface area contributed by atoms with Gasteiger partial charge in [0, 0.05) is 13.0 Å². The number of halogens is 1. The molecule has 25 heavy (non-hydrogen) atoms. The van der Waals surface area contributed by atoms with Crippen molar-refractivity contribution in [2.45, 2.75) is 51.8 Å². The van der Waals surface area contributed by atoms with E-state index in [1.165, 1.54) is 12.1 Å². The summed E-state index contributed by atoms with van der Waals surface area (Å²) in [4.78, 5) is 12.5. The first-order valence-electron chi connectivity index (χ1n) is 8.64. The van der Waals surface area contributed by atoms with Crippen LogP contribution in [-0.4, -0.2) is 17.6 Å². The van der Waals surface area contributed by atoms with Crippen molar-refractivity contribution in [2.24, 2.45) is 0 Å². The zero-order chi connectivity index (χ0) is 18.3. The molecule has 0 heterocycles. The van der Waals surface area contributed by atoms with Crippen molar-refractivity contribution in [1.82, 2.24) is 5.32 Å². The van der Waals surface area contributed by atoms with Crippen LogP contribution in [-0.2, 0) is 22.5 Å². The van der Waals surface area contributed by atoms with Gasteiger partial charge in [0.25, 0.3) is 0 Å². The molecule has 0 aromatic heterocycles. The van der Waals surface area contributed by atoms with E-state index in [0.29, 0.717) is 19.4 Å². The highest BCUT2D eigenvalue weighted by Gasteiger charge is 2.27. The van der Waals surface area contributed by atoms with Crippen molar-refractivity contribution in [3.63, 3.8) is 0 Å². The van der Waals surface area contributed by atoms with Crippen LogP contribution in [0, 0.1) is 5.82 Å². The van der Waals surface area contributed by atoms with Gasteiger partial charge in [-0.3, -0.25) is 4.79 Å². The van der Waals surface area contributed by atoms with Gasteiger partial charge in [0.05, 0.1) is 0 Å². The normalized spacial score (nSPS) is 12.6. The Balaban J connectivity index is 1.91. The molecule has 0 fully saturated rings. The highest BCUT2D eigenvalue weighted by atomic mass is 19.1. The lowest BCUT2D eigenvalue weighted by Gasteiger charge is -2.28. The number of carbonyl (C=O) groups is 1. The number of hydrogen-bond donors (Lipinski definition) is 1. The van der Waals surface area contributed by atoms with Crippen LogP contribution in [0.25, 0.3) is 0 Å². The summed E-state index contributed by atoms with van der Waals surface area (Å²) in [5, 5.41) is 3.26. The number of nitrogens with one attached hydrogen (secondary N) is 1. The van der Waals surface area contributed by atoms with Crippen molar-refractivity contribution >= 4 is 5.97 Å². The summed E-state index contributed by atoms with van der Waals surface area (Å²) in [6.07, 6.45) is 1.19. The van der Waals surface area contributed by atoms with Crippen LogP contribution in [0.2, 0.25) is 0 Å². The van der Waals surface area contributed by atoms with E-state index in [9.17, 15) is 9.18 Å². The Labute approximate surface area is 149 Å². The lowest BCUT2D eigenvalue weighted by Crippen LogP contribution is -2.42. The number of rotatable bonds is 8. The smallest absolute Gasteiger partial charge is 0.323 e. The van der Waals surface area contributed by atoms with Crippen molar-refractivity contribution in [3.8, 4) is 0 Å². The van der Waals surface area contributed by atoms with E-state index in [2.05, 4.69) is 5.32 Å². The third-order valence-corrected chi connectivity index (χ3v) is 4.01. The van der Waals surface area contributed by atoms with Crippen LogP contribution in [0.3, 0.4) is 0 Å². The van der Waals surface area contributed by atoms with E-state index in [1.54, 1.807) is 12.1 Å². The summed E-state index contributed by atoms with van der Waals surface area (Å²) < 4.78 is 18.7. The zero-order valence-electron chi connectivity index (χ0n) is 15.1. The standard InChI is InChI=1S/C21H26FNO2/c1-4-19(23-15-17-8-6-5-7-9-17)20(24)25-21(2,3)14-16-10-12-18(22)13-11-16/h5-13,19,23H,4,14-15H2,1-3H3. The predicted octanol–water partition coefficient (Wildman–Crippen LogP) is 4.26. The van der Waals surface area contributed by atoms with E-state index < -0.39 is 5.60 Å². The molecule has 0 spiro atoms. The lowest BCUT2D eigenvalue weighted by molar-refractivity contribution is -0.159. The summed E-state index contributed by atoms with van der Waals surface area (Å²) in [5.41, 5.74) is 1.40. The number of ether oxygens (including phenoxy) is 1. The van der Waals surface area contributed by atoms with Crippen molar-refractivity contribution in [2.75, 3.05) is 0 Å². The van der Waals surface area contributed by atoms with Crippen LogP contribution >= 0.6 is 0 Å². The Morgan fingerprint density at radius 2 is 1.72 bits per heavy atom. The zero-order valence-corrected chi connectivity index (χ0v) is 15.1. The fourth-order valence-electron chi connectivity index (χ4n) is 2.70. The highest BCUT2D eigenvalue weighted by molar-refractivity contribution is 5.76. The molecule has 2 rings (SSSR count). The Kier molecular flexibility index (Phi) is 6.71. The molecule has 0 saturated carbocycles. The van der Waals surface area contributed by atoms with Gasteiger partial charge in [-0.1, -0.05) is 49.4 Å². The third kappa shape index (κ3) is 6.31. The molecule has 0 bridgehead atoms. The van der Waals surface area contributed by atoms with Gasteiger partial charge in [0.1, 0.15) is 17.5 Å². The fraction of sp³-hybridized carbons (Fsp3) is 0.381. The molecule has 1 unspecified atom stereocenters. The van der Waals surface area contributed by atoms with Crippen LogP contribution in [0.1, 0.15) is 38.3 Å². The Morgan fingerprint density at radius 3 is 2.32 bits per heavy atom. The first kappa shape index (κ1) is 19.1. The molecule has 4 heteroatoms. The minimum atomic E-state index is -0.656. The van der Waals surface area contributed by atoms with Gasteiger partial charge in [-0.2, -0.15) is 0 Å². The van der Waals surface area contributed by atoms with Crippen molar-refractivity contribution in [3.05, 3.63) is 71.5 Å². The average Bonchev–Trinajstić information content (AvgIpc) is 2.58. The van der Waals surface area contributed by atoms with Gasteiger partial charge in [0.2, 0.25) is 0 Å². The number of esters is 1. The number of carbonyl (C=O) groups excluding carboxylic acids is 1. The molecule has 0 aliphatic rings. The number of hydrogen-bond acceptors (Lipinski definition) is 3.